The van der Waals surface area contributed by atoms with Crippen molar-refractivity contribution < 1.29 is 9.90 Å². The molecule has 4 heteroatoms. The highest BCUT2D eigenvalue weighted by Crippen LogP contribution is 2.30. The molecule has 0 bridgehead atoms. The Labute approximate surface area is 112 Å². The lowest BCUT2D eigenvalue weighted by molar-refractivity contribution is -0.136. The molecular weight excluding hydrogens is 240 g/mol. The number of nitrogens with zero attached hydrogens (tertiary/aromatic N) is 2. The third kappa shape index (κ3) is 2.67. The van der Waals surface area contributed by atoms with Crippen molar-refractivity contribution in [3.63, 3.8) is 0 Å². The van der Waals surface area contributed by atoms with E-state index in [1.807, 2.05) is 20.9 Å². The molecule has 19 heavy (non-hydrogen) atoms. The van der Waals surface area contributed by atoms with E-state index in [4.69, 9.17) is 5.11 Å². The molecule has 0 unspecified atom stereocenters. The van der Waals surface area contributed by atoms with E-state index < -0.39 is 5.97 Å². The molecule has 1 N–H and O–H groups in total. The van der Waals surface area contributed by atoms with Gasteiger partial charge in [-0.2, -0.15) is 5.10 Å². The highest BCUT2D eigenvalue weighted by molar-refractivity contribution is 5.77. The monoisotopic (exact) mass is 258 g/mol. The number of hydrogen-bond donors (Lipinski definition) is 1. The van der Waals surface area contributed by atoms with Gasteiger partial charge in [-0.25, -0.2) is 0 Å². The summed E-state index contributed by atoms with van der Waals surface area (Å²) in [5.74, 6) is -0.836. The summed E-state index contributed by atoms with van der Waals surface area (Å²) in [7, 11) is 1.81. The molecule has 0 aliphatic carbocycles. The van der Waals surface area contributed by atoms with Crippen molar-refractivity contribution in [2.75, 3.05) is 0 Å². The Kier molecular flexibility index (Phi) is 3.42. The topological polar surface area (TPSA) is 55.1 Å². The second-order valence-electron chi connectivity index (χ2n) is 5.02. The van der Waals surface area contributed by atoms with Crippen LogP contribution in [0.4, 0.5) is 0 Å². The number of hydrogen-bond acceptors (Lipinski definition) is 2. The van der Waals surface area contributed by atoms with Crippen LogP contribution in [0.15, 0.2) is 18.3 Å². The van der Waals surface area contributed by atoms with E-state index in [1.54, 1.807) is 10.9 Å². The summed E-state index contributed by atoms with van der Waals surface area (Å²) < 4.78 is 1.67. The number of carboxylic acids is 1. The molecule has 0 amide bonds. The summed E-state index contributed by atoms with van der Waals surface area (Å²) in [6.07, 6.45) is 1.78. The van der Waals surface area contributed by atoms with Crippen LogP contribution in [-0.4, -0.2) is 20.9 Å². The quantitative estimate of drug-likeness (QED) is 0.920. The van der Waals surface area contributed by atoms with Crippen LogP contribution in [0.5, 0.6) is 0 Å². The lowest BCUT2D eigenvalue weighted by Gasteiger charge is -2.10. The minimum Gasteiger partial charge on any atom is -0.481 e. The lowest BCUT2D eigenvalue weighted by atomic mass is 9.95. The van der Waals surface area contributed by atoms with Gasteiger partial charge in [0.25, 0.3) is 0 Å². The maximum atomic E-state index is 10.9. The minimum absolute atomic E-state index is 0.00404. The van der Waals surface area contributed by atoms with E-state index in [1.165, 1.54) is 5.56 Å². The van der Waals surface area contributed by atoms with Gasteiger partial charge in [-0.15, -0.1) is 0 Å². The normalized spacial score (nSPS) is 10.7. The Bertz CT molecular complexity index is 619. The molecule has 0 aliphatic heterocycles. The first-order valence-corrected chi connectivity index (χ1v) is 6.21. The molecule has 4 nitrogen and oxygen atoms in total. The molecule has 0 radical (unpaired) electrons. The van der Waals surface area contributed by atoms with Crippen LogP contribution in [0.3, 0.4) is 0 Å². The predicted molar refractivity (Wildman–Crippen MR) is 74.2 cm³/mol. The zero-order valence-corrected chi connectivity index (χ0v) is 11.7. The SMILES string of the molecule is Cc1cc(C)c(-c2nn(C)cc2CC(=O)O)c(C)c1. The van der Waals surface area contributed by atoms with Crippen LogP contribution in [0, 0.1) is 20.8 Å². The van der Waals surface area contributed by atoms with Crippen molar-refractivity contribution in [1.82, 2.24) is 9.78 Å². The van der Waals surface area contributed by atoms with Gasteiger partial charge in [0.2, 0.25) is 0 Å². The maximum Gasteiger partial charge on any atom is 0.307 e. The third-order valence-electron chi connectivity index (χ3n) is 3.16. The fourth-order valence-electron chi connectivity index (χ4n) is 2.59. The van der Waals surface area contributed by atoms with Crippen LogP contribution >= 0.6 is 0 Å². The molecule has 1 heterocycles. The van der Waals surface area contributed by atoms with Gasteiger partial charge in [0.15, 0.2) is 0 Å². The summed E-state index contributed by atoms with van der Waals surface area (Å²) >= 11 is 0. The van der Waals surface area contributed by atoms with Crippen LogP contribution in [0.1, 0.15) is 22.3 Å². The number of aryl methyl sites for hydroxylation is 4. The number of aliphatic carboxylic acids is 1. The molecule has 0 aliphatic rings. The van der Waals surface area contributed by atoms with Gasteiger partial charge in [0.1, 0.15) is 0 Å². The average molecular weight is 258 g/mol. The Morgan fingerprint density at radius 2 is 1.84 bits per heavy atom. The summed E-state index contributed by atoms with van der Waals surface area (Å²) in [5.41, 5.74) is 6.03. The van der Waals surface area contributed by atoms with Gasteiger partial charge in [0.05, 0.1) is 12.1 Å². The number of rotatable bonds is 3. The number of carboxylic acid groups (broad SMARTS) is 1. The van der Waals surface area contributed by atoms with Crippen LogP contribution < -0.4 is 0 Å². The standard InChI is InChI=1S/C15H18N2O2/c1-9-5-10(2)14(11(3)6-9)15-12(7-13(18)19)8-17(4)16-15/h5-6,8H,7H2,1-4H3,(H,18,19). The summed E-state index contributed by atoms with van der Waals surface area (Å²) in [5, 5.41) is 13.4. The van der Waals surface area contributed by atoms with Crippen molar-refractivity contribution in [2.45, 2.75) is 27.2 Å². The molecule has 1 aromatic carbocycles. The summed E-state index contributed by atoms with van der Waals surface area (Å²) in [4.78, 5) is 10.9. The minimum atomic E-state index is -0.836. The van der Waals surface area contributed by atoms with E-state index in [0.717, 1.165) is 27.9 Å². The molecule has 2 rings (SSSR count). The highest BCUT2D eigenvalue weighted by atomic mass is 16.4. The average Bonchev–Trinajstić information content (AvgIpc) is 2.56. The maximum absolute atomic E-state index is 10.9. The number of benzene rings is 1. The predicted octanol–water partition coefficient (Wildman–Crippen LogP) is 2.64. The molecule has 1 aromatic heterocycles. The van der Waals surface area contributed by atoms with Crippen molar-refractivity contribution in [3.8, 4) is 11.3 Å². The second-order valence-corrected chi connectivity index (χ2v) is 5.02. The largest absolute Gasteiger partial charge is 0.481 e. The number of aromatic nitrogens is 2. The summed E-state index contributed by atoms with van der Waals surface area (Å²) in [6, 6.07) is 4.20. The second kappa shape index (κ2) is 4.88. The molecule has 0 fully saturated rings. The van der Waals surface area contributed by atoms with Gasteiger partial charge in [-0.1, -0.05) is 17.7 Å². The van der Waals surface area contributed by atoms with E-state index in [9.17, 15) is 4.79 Å². The van der Waals surface area contributed by atoms with E-state index in [-0.39, 0.29) is 6.42 Å². The molecule has 0 spiro atoms. The molecule has 0 atom stereocenters. The van der Waals surface area contributed by atoms with Gasteiger partial charge in [-0.05, 0) is 31.9 Å². The van der Waals surface area contributed by atoms with E-state index in [0.29, 0.717) is 0 Å². The first-order chi connectivity index (χ1) is 8.88. The Hall–Kier alpha value is -2.10. The highest BCUT2D eigenvalue weighted by Gasteiger charge is 2.16. The first-order valence-electron chi connectivity index (χ1n) is 6.21. The Balaban J connectivity index is 2.62. The van der Waals surface area contributed by atoms with Crippen molar-refractivity contribution in [1.29, 1.82) is 0 Å². The van der Waals surface area contributed by atoms with Gasteiger partial charge in [-0.3, -0.25) is 9.48 Å². The van der Waals surface area contributed by atoms with Crippen LogP contribution in [-0.2, 0) is 18.3 Å². The first kappa shape index (κ1) is 13.3. The molecule has 2 aromatic rings. The van der Waals surface area contributed by atoms with Crippen molar-refractivity contribution in [2.24, 2.45) is 7.05 Å². The smallest absolute Gasteiger partial charge is 0.307 e. The third-order valence-corrected chi connectivity index (χ3v) is 3.16. The fraction of sp³-hybridized carbons (Fsp3) is 0.333. The van der Waals surface area contributed by atoms with E-state index in [2.05, 4.69) is 24.2 Å². The number of carbonyl (C=O) groups is 1. The molecule has 0 saturated heterocycles. The van der Waals surface area contributed by atoms with Gasteiger partial charge < -0.3 is 5.11 Å². The van der Waals surface area contributed by atoms with Gasteiger partial charge in [0, 0.05) is 24.4 Å². The Morgan fingerprint density at radius 3 is 2.37 bits per heavy atom. The molecule has 0 saturated carbocycles. The molecular formula is C15H18N2O2. The lowest BCUT2D eigenvalue weighted by Crippen LogP contribution is -2.01. The van der Waals surface area contributed by atoms with Crippen LogP contribution in [0.25, 0.3) is 11.3 Å². The van der Waals surface area contributed by atoms with Gasteiger partial charge >= 0.3 is 5.97 Å². The fourth-order valence-corrected chi connectivity index (χ4v) is 2.59. The Morgan fingerprint density at radius 1 is 1.26 bits per heavy atom. The van der Waals surface area contributed by atoms with Crippen LogP contribution in [0.2, 0.25) is 0 Å². The zero-order chi connectivity index (χ0) is 14.2. The van der Waals surface area contributed by atoms with E-state index >= 15 is 0 Å². The van der Waals surface area contributed by atoms with Crippen molar-refractivity contribution >= 4 is 5.97 Å². The van der Waals surface area contributed by atoms with Crippen molar-refractivity contribution in [3.05, 3.63) is 40.6 Å². The zero-order valence-electron chi connectivity index (χ0n) is 11.7. The summed E-state index contributed by atoms with van der Waals surface area (Å²) in [6.45, 7) is 6.13. The molecule has 100 valence electrons.